The Balaban J connectivity index is 1.70. The maximum atomic E-state index is 13.7. The lowest BCUT2D eigenvalue weighted by atomic mass is 9.72. The molecule has 5 heteroatoms. The van der Waals surface area contributed by atoms with Crippen molar-refractivity contribution in [2.75, 3.05) is 11.9 Å². The van der Waals surface area contributed by atoms with Crippen LogP contribution in [0.25, 0.3) is 0 Å². The van der Waals surface area contributed by atoms with Crippen molar-refractivity contribution < 1.29 is 9.59 Å². The number of thiophene rings is 1. The predicted octanol–water partition coefficient (Wildman–Crippen LogP) is 6.17. The molecule has 31 heavy (non-hydrogen) atoms. The zero-order valence-electron chi connectivity index (χ0n) is 19.2. The summed E-state index contributed by atoms with van der Waals surface area (Å²) in [6.45, 7) is 9.86. The first-order valence-electron chi connectivity index (χ1n) is 11.6. The minimum Gasteiger partial charge on any atom is -0.336 e. The highest BCUT2D eigenvalue weighted by Crippen LogP contribution is 2.45. The highest BCUT2D eigenvalue weighted by molar-refractivity contribution is 7.17. The third kappa shape index (κ3) is 4.57. The van der Waals surface area contributed by atoms with Gasteiger partial charge in [0, 0.05) is 23.0 Å². The Hall–Kier alpha value is -2.14. The minimum absolute atomic E-state index is 0.0993. The highest BCUT2D eigenvalue weighted by atomic mass is 32.1. The van der Waals surface area contributed by atoms with Gasteiger partial charge in [-0.1, -0.05) is 39.0 Å². The molecule has 0 bridgehead atoms. The van der Waals surface area contributed by atoms with E-state index in [9.17, 15) is 9.59 Å². The van der Waals surface area contributed by atoms with Crippen molar-refractivity contribution >= 4 is 28.2 Å². The van der Waals surface area contributed by atoms with Crippen molar-refractivity contribution in [1.82, 2.24) is 4.90 Å². The molecule has 1 aliphatic carbocycles. The Labute approximate surface area is 190 Å². The molecule has 2 aromatic rings. The van der Waals surface area contributed by atoms with Crippen molar-refractivity contribution in [3.63, 3.8) is 0 Å². The van der Waals surface area contributed by atoms with Gasteiger partial charge < -0.3 is 10.2 Å². The molecular weight excluding hydrogens is 404 g/mol. The molecule has 2 atom stereocenters. The Bertz CT molecular complexity index is 958. The molecule has 1 saturated heterocycles. The van der Waals surface area contributed by atoms with E-state index in [4.69, 9.17) is 0 Å². The molecule has 2 heterocycles. The number of anilines is 1. The molecule has 2 amide bonds. The van der Waals surface area contributed by atoms with Gasteiger partial charge in [-0.2, -0.15) is 0 Å². The van der Waals surface area contributed by atoms with Gasteiger partial charge in [0.1, 0.15) is 5.00 Å². The lowest BCUT2D eigenvalue weighted by molar-refractivity contribution is 0.0635. The van der Waals surface area contributed by atoms with Gasteiger partial charge in [0.05, 0.1) is 5.56 Å². The van der Waals surface area contributed by atoms with Crippen LogP contribution in [-0.4, -0.2) is 29.3 Å². The molecule has 2 aliphatic rings. The van der Waals surface area contributed by atoms with Gasteiger partial charge in [-0.15, -0.1) is 11.3 Å². The molecular formula is C26H34N2O2S. The SMILES string of the molecule is C[C@@H]1CCCCN1C(=O)c1c(NC(=O)c2ccccc2)sc2c1CC[C@@H](C(C)(C)C)C2. The van der Waals surface area contributed by atoms with Crippen LogP contribution >= 0.6 is 11.3 Å². The van der Waals surface area contributed by atoms with Crippen LogP contribution in [-0.2, 0) is 12.8 Å². The predicted molar refractivity (Wildman–Crippen MR) is 128 cm³/mol. The Morgan fingerprint density at radius 2 is 1.84 bits per heavy atom. The third-order valence-electron chi connectivity index (χ3n) is 7.03. The van der Waals surface area contributed by atoms with Crippen LogP contribution < -0.4 is 5.32 Å². The molecule has 1 aromatic heterocycles. The smallest absolute Gasteiger partial charge is 0.257 e. The van der Waals surface area contributed by atoms with Crippen molar-refractivity contribution in [1.29, 1.82) is 0 Å². The molecule has 1 aromatic carbocycles. The molecule has 0 radical (unpaired) electrons. The number of piperidine rings is 1. The number of carbonyl (C=O) groups is 2. The van der Waals surface area contributed by atoms with Crippen LogP contribution in [0.4, 0.5) is 5.00 Å². The van der Waals surface area contributed by atoms with Gasteiger partial charge in [0.15, 0.2) is 0 Å². The largest absolute Gasteiger partial charge is 0.336 e. The first-order valence-corrected chi connectivity index (χ1v) is 12.4. The van der Waals surface area contributed by atoms with Crippen LogP contribution in [0.1, 0.15) is 84.5 Å². The van der Waals surface area contributed by atoms with Gasteiger partial charge in [-0.25, -0.2) is 0 Å². The molecule has 0 spiro atoms. The van der Waals surface area contributed by atoms with Crippen molar-refractivity contribution in [3.05, 3.63) is 51.9 Å². The minimum atomic E-state index is -0.146. The van der Waals surface area contributed by atoms with E-state index in [2.05, 4.69) is 33.0 Å². The standard InChI is InChI=1S/C26H34N2O2S/c1-17-10-8-9-15-28(17)25(30)22-20-14-13-19(26(2,3)4)16-21(20)31-24(22)27-23(29)18-11-6-5-7-12-18/h5-7,11-12,17,19H,8-10,13-16H2,1-4H3,(H,27,29)/t17-,19-/m1/s1. The Morgan fingerprint density at radius 1 is 1.10 bits per heavy atom. The van der Waals surface area contributed by atoms with E-state index in [1.165, 1.54) is 16.9 Å². The Kier molecular flexibility index (Phi) is 6.25. The molecule has 1 fully saturated rings. The normalized spacial score (nSPS) is 21.5. The Morgan fingerprint density at radius 3 is 2.52 bits per heavy atom. The number of hydrogen-bond donors (Lipinski definition) is 1. The van der Waals surface area contributed by atoms with Crippen LogP contribution in [0.5, 0.6) is 0 Å². The fourth-order valence-corrected chi connectivity index (χ4v) is 6.26. The van der Waals surface area contributed by atoms with Crippen molar-refractivity contribution in [3.8, 4) is 0 Å². The number of nitrogens with one attached hydrogen (secondary N) is 1. The van der Waals surface area contributed by atoms with Crippen LogP contribution in [0.2, 0.25) is 0 Å². The summed E-state index contributed by atoms with van der Waals surface area (Å²) in [4.78, 5) is 30.0. The van der Waals surface area contributed by atoms with E-state index < -0.39 is 0 Å². The summed E-state index contributed by atoms with van der Waals surface area (Å²) in [6, 6.07) is 9.51. The summed E-state index contributed by atoms with van der Waals surface area (Å²) in [5.74, 6) is 0.544. The van der Waals surface area contributed by atoms with Crippen molar-refractivity contribution in [2.24, 2.45) is 11.3 Å². The lowest BCUT2D eigenvalue weighted by Crippen LogP contribution is -2.42. The summed E-state index contributed by atoms with van der Waals surface area (Å²) < 4.78 is 0. The molecule has 4 rings (SSSR count). The van der Waals surface area contributed by atoms with Crippen LogP contribution in [0.3, 0.4) is 0 Å². The summed E-state index contributed by atoms with van der Waals surface area (Å²) >= 11 is 1.62. The lowest BCUT2D eigenvalue weighted by Gasteiger charge is -2.35. The number of rotatable bonds is 3. The quantitative estimate of drug-likeness (QED) is 0.623. The first-order chi connectivity index (χ1) is 14.8. The van der Waals surface area contributed by atoms with Crippen LogP contribution in [0.15, 0.2) is 30.3 Å². The van der Waals surface area contributed by atoms with E-state index >= 15 is 0 Å². The maximum absolute atomic E-state index is 13.7. The molecule has 4 nitrogen and oxygen atoms in total. The fraction of sp³-hybridized carbons (Fsp3) is 0.538. The number of amides is 2. The second-order valence-corrected chi connectivity index (χ2v) is 11.3. The number of fused-ring (bicyclic) bond motifs is 1. The van der Waals surface area contributed by atoms with Gasteiger partial charge in [0.25, 0.3) is 11.8 Å². The van der Waals surface area contributed by atoms with Crippen molar-refractivity contribution in [2.45, 2.75) is 72.3 Å². The van der Waals surface area contributed by atoms with E-state index in [-0.39, 0.29) is 23.3 Å². The molecule has 0 saturated carbocycles. The average molecular weight is 439 g/mol. The summed E-state index contributed by atoms with van der Waals surface area (Å²) in [7, 11) is 0. The van der Waals surface area contributed by atoms with Gasteiger partial charge in [-0.3, -0.25) is 9.59 Å². The third-order valence-corrected chi connectivity index (χ3v) is 8.20. The first kappa shape index (κ1) is 22.1. The second-order valence-electron chi connectivity index (χ2n) is 10.2. The number of benzene rings is 1. The zero-order chi connectivity index (χ0) is 22.2. The van der Waals surface area contributed by atoms with Gasteiger partial charge in [0.2, 0.25) is 0 Å². The molecule has 166 valence electrons. The van der Waals surface area contributed by atoms with E-state index in [1.54, 1.807) is 11.3 Å². The average Bonchev–Trinajstić information content (AvgIpc) is 3.10. The van der Waals surface area contributed by atoms with E-state index in [0.29, 0.717) is 11.5 Å². The fourth-order valence-electron chi connectivity index (χ4n) is 4.95. The van der Waals surface area contributed by atoms with Gasteiger partial charge >= 0.3 is 0 Å². The summed E-state index contributed by atoms with van der Waals surface area (Å²) in [5, 5.41) is 3.84. The van der Waals surface area contributed by atoms with Crippen LogP contribution in [0, 0.1) is 11.3 Å². The van der Waals surface area contributed by atoms with E-state index in [1.807, 2.05) is 35.2 Å². The van der Waals surface area contributed by atoms with Gasteiger partial charge in [-0.05, 0) is 74.5 Å². The monoisotopic (exact) mass is 438 g/mol. The molecule has 1 N–H and O–H groups in total. The number of carbonyl (C=O) groups excluding carboxylic acids is 2. The summed E-state index contributed by atoms with van der Waals surface area (Å²) in [5.41, 5.74) is 2.79. The molecule has 0 unspecified atom stereocenters. The maximum Gasteiger partial charge on any atom is 0.257 e. The number of nitrogens with zero attached hydrogens (tertiary/aromatic N) is 1. The second kappa shape index (κ2) is 8.78. The molecule has 1 aliphatic heterocycles. The number of hydrogen-bond acceptors (Lipinski definition) is 3. The summed E-state index contributed by atoms with van der Waals surface area (Å²) in [6.07, 6.45) is 6.28. The number of likely N-dealkylation sites (tertiary alicyclic amines) is 1. The zero-order valence-corrected chi connectivity index (χ0v) is 20.0. The highest BCUT2D eigenvalue weighted by Gasteiger charge is 2.36. The van der Waals surface area contributed by atoms with E-state index in [0.717, 1.165) is 49.2 Å². The topological polar surface area (TPSA) is 49.4 Å².